The third-order valence-corrected chi connectivity index (χ3v) is 5.19. The maximum absolute atomic E-state index is 12.4. The average Bonchev–Trinajstić information content (AvgIpc) is 3.06. The molecule has 3 heterocycles. The predicted octanol–water partition coefficient (Wildman–Crippen LogP) is 2.02. The molecular weight excluding hydrogens is 280 g/mol. The van der Waals surface area contributed by atoms with E-state index in [0.717, 1.165) is 44.5 Å². The fraction of sp³-hybridized carbons (Fsp3) is 0.647. The van der Waals surface area contributed by atoms with Gasteiger partial charge in [0, 0.05) is 31.6 Å². The third-order valence-electron chi connectivity index (χ3n) is 5.19. The molecule has 1 saturated carbocycles. The van der Waals surface area contributed by atoms with Crippen molar-refractivity contribution in [1.29, 1.82) is 0 Å². The quantitative estimate of drug-likeness (QED) is 0.857. The predicted molar refractivity (Wildman–Crippen MR) is 80.5 cm³/mol. The Labute approximate surface area is 130 Å². The summed E-state index contributed by atoms with van der Waals surface area (Å²) in [4.78, 5) is 18.4. The van der Waals surface area contributed by atoms with Crippen LogP contribution < -0.4 is 4.74 Å². The lowest BCUT2D eigenvalue weighted by molar-refractivity contribution is -0.138. The zero-order chi connectivity index (χ0) is 15.0. The first-order valence-electron chi connectivity index (χ1n) is 8.24. The number of rotatable bonds is 3. The topological polar surface area (TPSA) is 51.7 Å². The minimum atomic E-state index is -0.188. The highest BCUT2D eigenvalue weighted by molar-refractivity contribution is 5.80. The van der Waals surface area contributed by atoms with E-state index < -0.39 is 0 Å². The van der Waals surface area contributed by atoms with Crippen LogP contribution in [0.25, 0.3) is 0 Å². The molecule has 3 fully saturated rings. The standard InChI is InChI=1S/C17H22N2O3/c20-16(13-3-1-4-13)19-8-6-17(12-19)9-15(11-21-17)22-14-5-2-7-18-10-14/h2,5,7,10,13,15H,1,3-4,6,8-9,11-12H2/t15-,17+/m1/s1. The summed E-state index contributed by atoms with van der Waals surface area (Å²) in [5.74, 6) is 1.40. The maximum Gasteiger partial charge on any atom is 0.225 e. The van der Waals surface area contributed by atoms with E-state index in [2.05, 4.69) is 4.98 Å². The Morgan fingerprint density at radius 2 is 2.36 bits per heavy atom. The van der Waals surface area contributed by atoms with Gasteiger partial charge in [-0.1, -0.05) is 6.42 Å². The van der Waals surface area contributed by atoms with Crippen LogP contribution in [0.4, 0.5) is 0 Å². The van der Waals surface area contributed by atoms with Gasteiger partial charge in [-0.05, 0) is 31.4 Å². The van der Waals surface area contributed by atoms with E-state index in [1.54, 1.807) is 12.4 Å². The number of ether oxygens (including phenoxy) is 2. The Morgan fingerprint density at radius 1 is 1.45 bits per heavy atom. The normalized spacial score (nSPS) is 31.5. The van der Waals surface area contributed by atoms with E-state index in [-0.39, 0.29) is 17.6 Å². The summed E-state index contributed by atoms with van der Waals surface area (Å²) in [6.45, 7) is 2.16. The number of likely N-dealkylation sites (tertiary alicyclic amines) is 1. The van der Waals surface area contributed by atoms with Gasteiger partial charge in [0.25, 0.3) is 0 Å². The molecule has 4 rings (SSSR count). The van der Waals surface area contributed by atoms with Crippen LogP contribution in [0.3, 0.4) is 0 Å². The van der Waals surface area contributed by atoms with Crippen molar-refractivity contribution in [2.24, 2.45) is 5.92 Å². The second-order valence-corrected chi connectivity index (χ2v) is 6.76. The van der Waals surface area contributed by atoms with Gasteiger partial charge in [-0.25, -0.2) is 0 Å². The van der Waals surface area contributed by atoms with Gasteiger partial charge in [-0.15, -0.1) is 0 Å². The first-order chi connectivity index (χ1) is 10.7. The van der Waals surface area contributed by atoms with Gasteiger partial charge in [0.1, 0.15) is 11.9 Å². The zero-order valence-corrected chi connectivity index (χ0v) is 12.7. The van der Waals surface area contributed by atoms with E-state index in [1.165, 1.54) is 6.42 Å². The Kier molecular flexibility index (Phi) is 3.53. The van der Waals surface area contributed by atoms with Gasteiger partial charge in [0.15, 0.2) is 0 Å². The molecule has 118 valence electrons. The Bertz CT molecular complexity index is 546. The van der Waals surface area contributed by atoms with Crippen LogP contribution in [0, 0.1) is 5.92 Å². The average molecular weight is 302 g/mol. The molecule has 5 nitrogen and oxygen atoms in total. The molecule has 0 bridgehead atoms. The molecule has 0 radical (unpaired) electrons. The Balaban J connectivity index is 1.35. The van der Waals surface area contributed by atoms with E-state index in [1.807, 2.05) is 17.0 Å². The van der Waals surface area contributed by atoms with Crippen LogP contribution >= 0.6 is 0 Å². The molecule has 1 spiro atoms. The molecule has 22 heavy (non-hydrogen) atoms. The molecule has 0 unspecified atom stereocenters. The fourth-order valence-electron chi connectivity index (χ4n) is 3.72. The lowest BCUT2D eigenvalue weighted by Crippen LogP contribution is -2.40. The van der Waals surface area contributed by atoms with Crippen molar-refractivity contribution in [3.05, 3.63) is 24.5 Å². The number of amides is 1. The Morgan fingerprint density at radius 3 is 3.09 bits per heavy atom. The van der Waals surface area contributed by atoms with E-state index >= 15 is 0 Å². The summed E-state index contributed by atoms with van der Waals surface area (Å²) < 4.78 is 12.0. The number of hydrogen-bond donors (Lipinski definition) is 0. The number of carbonyl (C=O) groups excluding carboxylic acids is 1. The van der Waals surface area contributed by atoms with Crippen LogP contribution in [0.15, 0.2) is 24.5 Å². The SMILES string of the molecule is O=C(C1CCC1)N1CC[C@]2(C[C@@H](Oc3cccnc3)CO2)C1. The maximum atomic E-state index is 12.4. The lowest BCUT2D eigenvalue weighted by Gasteiger charge is -2.30. The van der Waals surface area contributed by atoms with Crippen LogP contribution in [0.5, 0.6) is 5.75 Å². The summed E-state index contributed by atoms with van der Waals surface area (Å²) >= 11 is 0. The highest BCUT2D eigenvalue weighted by atomic mass is 16.6. The molecule has 1 aliphatic carbocycles. The molecule has 1 amide bonds. The van der Waals surface area contributed by atoms with Crippen LogP contribution in [-0.2, 0) is 9.53 Å². The molecule has 2 saturated heterocycles. The van der Waals surface area contributed by atoms with Crippen molar-refractivity contribution < 1.29 is 14.3 Å². The molecule has 2 atom stereocenters. The zero-order valence-electron chi connectivity index (χ0n) is 12.7. The van der Waals surface area contributed by atoms with Gasteiger partial charge >= 0.3 is 0 Å². The van der Waals surface area contributed by atoms with Gasteiger partial charge in [0.2, 0.25) is 5.91 Å². The molecule has 0 aromatic carbocycles. The van der Waals surface area contributed by atoms with Gasteiger partial charge < -0.3 is 14.4 Å². The van der Waals surface area contributed by atoms with Crippen LogP contribution in [0.2, 0.25) is 0 Å². The summed E-state index contributed by atoms with van der Waals surface area (Å²) in [7, 11) is 0. The summed E-state index contributed by atoms with van der Waals surface area (Å²) in [6, 6.07) is 3.79. The van der Waals surface area contributed by atoms with Crippen molar-refractivity contribution >= 4 is 5.91 Å². The number of hydrogen-bond acceptors (Lipinski definition) is 4. The molecular formula is C17H22N2O3. The van der Waals surface area contributed by atoms with Crippen LogP contribution in [0.1, 0.15) is 32.1 Å². The van der Waals surface area contributed by atoms with E-state index in [0.29, 0.717) is 12.5 Å². The first kappa shape index (κ1) is 14.0. The third kappa shape index (κ3) is 2.58. The van der Waals surface area contributed by atoms with Gasteiger partial charge in [-0.2, -0.15) is 0 Å². The fourth-order valence-corrected chi connectivity index (χ4v) is 3.72. The number of carbonyl (C=O) groups is 1. The molecule has 1 aromatic heterocycles. The van der Waals surface area contributed by atoms with Gasteiger partial charge in [-0.3, -0.25) is 9.78 Å². The second kappa shape index (κ2) is 5.54. The summed E-state index contributed by atoms with van der Waals surface area (Å²) in [6.07, 6.45) is 8.64. The second-order valence-electron chi connectivity index (χ2n) is 6.76. The molecule has 1 aromatic rings. The van der Waals surface area contributed by atoms with E-state index in [9.17, 15) is 4.79 Å². The molecule has 5 heteroatoms. The van der Waals surface area contributed by atoms with Gasteiger partial charge in [0.05, 0.1) is 18.4 Å². The number of nitrogens with zero attached hydrogens (tertiary/aromatic N) is 2. The molecule has 0 N–H and O–H groups in total. The smallest absolute Gasteiger partial charge is 0.225 e. The minimum absolute atomic E-state index is 0.0583. The first-order valence-corrected chi connectivity index (χ1v) is 8.24. The summed E-state index contributed by atoms with van der Waals surface area (Å²) in [5.41, 5.74) is -0.188. The highest BCUT2D eigenvalue weighted by Gasteiger charge is 2.48. The number of aromatic nitrogens is 1. The van der Waals surface area contributed by atoms with Crippen molar-refractivity contribution in [2.45, 2.75) is 43.8 Å². The monoisotopic (exact) mass is 302 g/mol. The lowest BCUT2D eigenvalue weighted by atomic mass is 9.84. The van der Waals surface area contributed by atoms with Crippen molar-refractivity contribution in [3.8, 4) is 5.75 Å². The van der Waals surface area contributed by atoms with Crippen molar-refractivity contribution in [2.75, 3.05) is 19.7 Å². The minimum Gasteiger partial charge on any atom is -0.486 e. The van der Waals surface area contributed by atoms with Crippen molar-refractivity contribution in [1.82, 2.24) is 9.88 Å². The molecule has 2 aliphatic heterocycles. The van der Waals surface area contributed by atoms with Crippen LogP contribution in [-0.4, -0.2) is 47.2 Å². The van der Waals surface area contributed by atoms with Crippen molar-refractivity contribution in [3.63, 3.8) is 0 Å². The Hall–Kier alpha value is -1.62. The van der Waals surface area contributed by atoms with E-state index in [4.69, 9.17) is 9.47 Å². The number of pyridine rings is 1. The molecule has 3 aliphatic rings. The summed E-state index contributed by atoms with van der Waals surface area (Å²) in [5, 5.41) is 0. The highest BCUT2D eigenvalue weighted by Crippen LogP contribution is 2.38. The largest absolute Gasteiger partial charge is 0.486 e.